The van der Waals surface area contributed by atoms with E-state index in [0.29, 0.717) is 23.0 Å². The van der Waals surface area contributed by atoms with Crippen LogP contribution in [0.5, 0.6) is 11.5 Å². The molecule has 4 rings (SSSR count). The van der Waals surface area contributed by atoms with Crippen molar-refractivity contribution in [1.82, 2.24) is 0 Å². The van der Waals surface area contributed by atoms with Crippen molar-refractivity contribution in [2.45, 2.75) is 32.1 Å². The van der Waals surface area contributed by atoms with Gasteiger partial charge in [-0.3, -0.25) is 19.8 Å². The second kappa shape index (κ2) is 10.9. The summed E-state index contributed by atoms with van der Waals surface area (Å²) < 4.78 is 12.2. The highest BCUT2D eigenvalue weighted by Gasteiger charge is 2.50. The van der Waals surface area contributed by atoms with Crippen LogP contribution in [0.15, 0.2) is 66.7 Å². The van der Waals surface area contributed by atoms with E-state index in [4.69, 9.17) is 26.8 Å². The summed E-state index contributed by atoms with van der Waals surface area (Å²) in [6, 6.07) is 18.6. The number of fused-ring (bicyclic) bond motifs is 1. The zero-order valence-corrected chi connectivity index (χ0v) is 20.6. The van der Waals surface area contributed by atoms with Gasteiger partial charge in [0, 0.05) is 17.5 Å². The fraction of sp³-hybridized carbons (Fsp3) is 0.240. The maximum absolute atomic E-state index is 13.8. The number of carbonyl (C=O) groups excluding carboxylic acids is 1. The number of ether oxygens (including phenoxy) is 2. The number of nitrogens with two attached hydrogens (primary N) is 1. The Bertz CT molecular complexity index is 1220. The molecule has 10 heteroatoms. The molecule has 0 aromatic heterocycles. The maximum Gasteiger partial charge on any atom is 0.332 e. The van der Waals surface area contributed by atoms with Crippen LogP contribution in [-0.2, 0) is 17.8 Å². The monoisotopic (exact) mass is 517 g/mol. The topological polar surface area (TPSA) is 108 Å². The number of nitro groups is 1. The van der Waals surface area contributed by atoms with Gasteiger partial charge in [0.05, 0.1) is 23.2 Å². The van der Waals surface area contributed by atoms with Gasteiger partial charge in [0.2, 0.25) is 0 Å². The first-order valence-corrected chi connectivity index (χ1v) is 11.2. The largest absolute Gasteiger partial charge is 0.444 e. The molecule has 0 bridgehead atoms. The lowest BCUT2D eigenvalue weighted by Gasteiger charge is -2.41. The molecule has 1 amide bonds. The third-order valence-corrected chi connectivity index (χ3v) is 5.86. The second-order valence-corrected chi connectivity index (χ2v) is 8.36. The molecule has 1 unspecified atom stereocenters. The summed E-state index contributed by atoms with van der Waals surface area (Å²) in [5.41, 5.74) is 7.73. The number of benzene rings is 3. The predicted molar refractivity (Wildman–Crippen MR) is 136 cm³/mol. The Morgan fingerprint density at radius 3 is 2.49 bits per heavy atom. The number of non-ortho nitro benzene ring substituents is 1. The summed E-state index contributed by atoms with van der Waals surface area (Å²) in [7, 11) is 0. The molecule has 35 heavy (non-hydrogen) atoms. The Hall–Kier alpha value is -3.33. The van der Waals surface area contributed by atoms with Crippen LogP contribution in [0.2, 0.25) is 5.02 Å². The van der Waals surface area contributed by atoms with Crippen molar-refractivity contribution in [3.05, 3.63) is 93.0 Å². The number of nitro benzene ring substituents is 1. The number of rotatable bonds is 8. The lowest BCUT2D eigenvalue weighted by molar-refractivity contribution is -0.385. The number of hydrogen-bond donors (Lipinski definition) is 1. The fourth-order valence-electron chi connectivity index (χ4n) is 3.87. The summed E-state index contributed by atoms with van der Waals surface area (Å²) in [6.45, 7) is 2.48. The van der Waals surface area contributed by atoms with E-state index < -0.39 is 16.6 Å². The van der Waals surface area contributed by atoms with Crippen molar-refractivity contribution in [2.24, 2.45) is 5.73 Å². The molecule has 0 spiro atoms. The molecule has 1 aliphatic heterocycles. The summed E-state index contributed by atoms with van der Waals surface area (Å²) in [5, 5.41) is 11.9. The van der Waals surface area contributed by atoms with E-state index in [1.807, 2.05) is 18.2 Å². The van der Waals surface area contributed by atoms with Gasteiger partial charge in [0.15, 0.2) is 5.75 Å². The van der Waals surface area contributed by atoms with Gasteiger partial charge in [-0.05, 0) is 54.4 Å². The van der Waals surface area contributed by atoms with E-state index in [2.05, 4.69) is 0 Å². The summed E-state index contributed by atoms with van der Waals surface area (Å²) in [4.78, 5) is 26.2. The van der Waals surface area contributed by atoms with Crippen LogP contribution in [0.1, 0.15) is 24.5 Å². The number of carbonyl (C=O) groups is 1. The quantitative estimate of drug-likeness (QED) is 0.321. The Morgan fingerprint density at radius 2 is 1.86 bits per heavy atom. The molecule has 184 valence electrons. The number of amides is 1. The van der Waals surface area contributed by atoms with Crippen LogP contribution in [0.25, 0.3) is 0 Å². The standard InChI is InChI=1S/C25H24ClN3O5.ClH/c1-2-25(33-21-9-6-17(7-10-21)12-13-27)24(30)28(16-18-4-3-5-19(26)14-18)22-11-8-20(29(31)32)15-23(22)34-25;/h3-11,14-15H,2,12-13,16,27H2,1H3;1H. The number of nitrogens with zero attached hydrogens (tertiary/aromatic N) is 2. The van der Waals surface area contributed by atoms with Gasteiger partial charge in [-0.2, -0.15) is 0 Å². The van der Waals surface area contributed by atoms with Crippen molar-refractivity contribution >= 4 is 41.3 Å². The summed E-state index contributed by atoms with van der Waals surface area (Å²) >= 11 is 6.14. The van der Waals surface area contributed by atoms with Gasteiger partial charge in [0.1, 0.15) is 5.75 Å². The minimum atomic E-state index is -1.70. The molecule has 0 saturated carbocycles. The van der Waals surface area contributed by atoms with Crippen LogP contribution in [-0.4, -0.2) is 23.2 Å². The van der Waals surface area contributed by atoms with Gasteiger partial charge in [0.25, 0.3) is 5.69 Å². The van der Waals surface area contributed by atoms with Gasteiger partial charge in [-0.25, -0.2) is 0 Å². The van der Waals surface area contributed by atoms with Crippen LogP contribution >= 0.6 is 24.0 Å². The Labute approximate surface area is 214 Å². The average Bonchev–Trinajstić information content (AvgIpc) is 2.82. The molecule has 0 radical (unpaired) electrons. The molecule has 1 heterocycles. The Kier molecular flexibility index (Phi) is 8.22. The molecule has 2 N–H and O–H groups in total. The lowest BCUT2D eigenvalue weighted by Crippen LogP contribution is -2.59. The highest BCUT2D eigenvalue weighted by Crippen LogP contribution is 2.42. The molecular weight excluding hydrogens is 493 g/mol. The van der Waals surface area contributed by atoms with E-state index in [9.17, 15) is 14.9 Å². The lowest BCUT2D eigenvalue weighted by atomic mass is 10.1. The fourth-order valence-corrected chi connectivity index (χ4v) is 4.09. The molecule has 3 aromatic carbocycles. The minimum Gasteiger partial charge on any atom is -0.444 e. The van der Waals surface area contributed by atoms with Crippen LogP contribution in [0.3, 0.4) is 0 Å². The second-order valence-electron chi connectivity index (χ2n) is 7.92. The predicted octanol–water partition coefficient (Wildman–Crippen LogP) is 5.28. The molecule has 1 atom stereocenters. The Balaban J connectivity index is 0.00000342. The smallest absolute Gasteiger partial charge is 0.332 e. The first-order chi connectivity index (χ1) is 16.3. The third kappa shape index (κ3) is 5.51. The van der Waals surface area contributed by atoms with Gasteiger partial charge >= 0.3 is 11.7 Å². The molecule has 3 aromatic rings. The molecule has 8 nitrogen and oxygen atoms in total. The summed E-state index contributed by atoms with van der Waals surface area (Å²) in [5.74, 6) is -1.48. The van der Waals surface area contributed by atoms with Gasteiger partial charge < -0.3 is 15.2 Å². The van der Waals surface area contributed by atoms with Crippen LogP contribution in [0.4, 0.5) is 11.4 Å². The molecule has 1 aliphatic rings. The molecule has 0 fully saturated rings. The minimum absolute atomic E-state index is 0. The SMILES string of the molecule is CCC1(Oc2ccc(CCN)cc2)Oc2cc([N+](=O)[O-])ccc2N(Cc2cccc(Cl)c2)C1=O.Cl. The average molecular weight is 518 g/mol. The van der Waals surface area contributed by atoms with Gasteiger partial charge in [-0.15, -0.1) is 12.4 Å². The molecular formula is C25H25Cl2N3O5. The highest BCUT2D eigenvalue weighted by atomic mass is 35.5. The Morgan fingerprint density at radius 1 is 1.11 bits per heavy atom. The molecule has 0 saturated heterocycles. The first kappa shape index (κ1) is 26.3. The van der Waals surface area contributed by atoms with E-state index in [1.165, 1.54) is 23.1 Å². The normalized spacial score (nSPS) is 16.7. The third-order valence-electron chi connectivity index (χ3n) is 5.63. The van der Waals surface area contributed by atoms with E-state index in [-0.39, 0.29) is 36.8 Å². The number of anilines is 1. The van der Waals surface area contributed by atoms with Crippen LogP contribution in [0, 0.1) is 10.1 Å². The number of hydrogen-bond acceptors (Lipinski definition) is 6. The number of halogens is 2. The zero-order chi connectivity index (χ0) is 24.3. The van der Waals surface area contributed by atoms with Crippen molar-refractivity contribution in [2.75, 3.05) is 11.4 Å². The van der Waals surface area contributed by atoms with E-state index in [0.717, 1.165) is 17.5 Å². The van der Waals surface area contributed by atoms with Crippen molar-refractivity contribution < 1.29 is 19.2 Å². The van der Waals surface area contributed by atoms with E-state index >= 15 is 0 Å². The highest BCUT2D eigenvalue weighted by molar-refractivity contribution is 6.30. The van der Waals surface area contributed by atoms with Crippen molar-refractivity contribution in [1.29, 1.82) is 0 Å². The maximum atomic E-state index is 13.8. The molecule has 0 aliphatic carbocycles. The van der Waals surface area contributed by atoms with Crippen LogP contribution < -0.4 is 20.1 Å². The zero-order valence-electron chi connectivity index (χ0n) is 19.0. The summed E-state index contributed by atoms with van der Waals surface area (Å²) in [6.07, 6.45) is 0.893. The first-order valence-electron chi connectivity index (χ1n) is 10.9. The van der Waals surface area contributed by atoms with Gasteiger partial charge in [-0.1, -0.05) is 42.8 Å². The van der Waals surface area contributed by atoms with E-state index in [1.54, 1.807) is 37.3 Å². The van der Waals surface area contributed by atoms with Crippen molar-refractivity contribution in [3.63, 3.8) is 0 Å². The van der Waals surface area contributed by atoms with Crippen molar-refractivity contribution in [3.8, 4) is 11.5 Å².